The first kappa shape index (κ1) is 18.0. The number of carbonyl (C=O) groups is 1. The van der Waals surface area contributed by atoms with Gasteiger partial charge in [0.15, 0.2) is 0 Å². The van der Waals surface area contributed by atoms with Gasteiger partial charge in [-0.2, -0.15) is 0 Å². The zero-order valence-electron chi connectivity index (χ0n) is 15.8. The van der Waals surface area contributed by atoms with Gasteiger partial charge in [-0.1, -0.05) is 30.3 Å². The largest absolute Gasteiger partial charge is 0.373 e. The van der Waals surface area contributed by atoms with Crippen LogP contribution in [0.25, 0.3) is 0 Å². The van der Waals surface area contributed by atoms with E-state index in [-0.39, 0.29) is 12.0 Å². The van der Waals surface area contributed by atoms with Crippen molar-refractivity contribution in [2.75, 3.05) is 52.9 Å². The first-order valence-corrected chi connectivity index (χ1v) is 10.1. The number of ether oxygens (including phenoxy) is 1. The zero-order chi connectivity index (χ0) is 17.9. The normalized spacial score (nSPS) is 29.9. The Labute approximate surface area is 156 Å². The molecule has 4 rings (SSSR count). The molecule has 5 heteroatoms. The highest BCUT2D eigenvalue weighted by molar-refractivity contribution is 5.76. The van der Waals surface area contributed by atoms with Crippen molar-refractivity contribution < 1.29 is 9.53 Å². The van der Waals surface area contributed by atoms with Gasteiger partial charge in [0.25, 0.3) is 0 Å². The third kappa shape index (κ3) is 4.27. The summed E-state index contributed by atoms with van der Waals surface area (Å²) >= 11 is 0. The summed E-state index contributed by atoms with van der Waals surface area (Å²) in [5.41, 5.74) is 1.40. The molecule has 0 N–H and O–H groups in total. The van der Waals surface area contributed by atoms with Gasteiger partial charge in [-0.3, -0.25) is 4.79 Å². The summed E-state index contributed by atoms with van der Waals surface area (Å²) in [6.07, 6.45) is 3.18. The summed E-state index contributed by atoms with van der Waals surface area (Å²) in [7, 11) is 2.12. The molecule has 0 unspecified atom stereocenters. The van der Waals surface area contributed by atoms with Crippen LogP contribution in [0.1, 0.15) is 18.4 Å². The number of rotatable bonds is 5. The summed E-state index contributed by atoms with van der Waals surface area (Å²) in [5.74, 6) is 0.889. The van der Waals surface area contributed by atoms with Crippen LogP contribution >= 0.6 is 0 Å². The number of fused-ring (bicyclic) bond motifs is 1. The van der Waals surface area contributed by atoms with E-state index in [9.17, 15) is 4.79 Å². The minimum atomic E-state index is 0.133. The summed E-state index contributed by atoms with van der Waals surface area (Å²) < 4.78 is 6.25. The van der Waals surface area contributed by atoms with E-state index in [4.69, 9.17) is 4.74 Å². The van der Waals surface area contributed by atoms with Crippen molar-refractivity contribution in [3.63, 3.8) is 0 Å². The van der Waals surface area contributed by atoms with E-state index in [0.717, 1.165) is 58.7 Å². The molecule has 3 saturated heterocycles. The molecule has 1 amide bonds. The molecule has 0 aliphatic carbocycles. The molecule has 3 aliphatic heterocycles. The van der Waals surface area contributed by atoms with Crippen molar-refractivity contribution in [3.05, 3.63) is 35.9 Å². The summed E-state index contributed by atoms with van der Waals surface area (Å²) in [6, 6.07) is 10.7. The fourth-order valence-electron chi connectivity index (χ4n) is 4.57. The lowest BCUT2D eigenvalue weighted by molar-refractivity contribution is -0.135. The van der Waals surface area contributed by atoms with Crippen LogP contribution in [0.2, 0.25) is 0 Å². The number of hydrogen-bond acceptors (Lipinski definition) is 4. The Morgan fingerprint density at radius 1 is 1.12 bits per heavy atom. The SMILES string of the molecule is CN1CCN(C(=O)C[C@H]2C[C@H]3CN(CCc4ccccc4)C[C@H]3O2)CC1. The quantitative estimate of drug-likeness (QED) is 0.800. The molecule has 0 bridgehead atoms. The average Bonchev–Trinajstić information content (AvgIpc) is 3.19. The van der Waals surface area contributed by atoms with E-state index in [1.807, 2.05) is 4.90 Å². The highest BCUT2D eigenvalue weighted by Crippen LogP contribution is 2.34. The number of hydrogen-bond donors (Lipinski definition) is 0. The Hall–Kier alpha value is -1.43. The van der Waals surface area contributed by atoms with Crippen molar-refractivity contribution in [2.45, 2.75) is 31.5 Å². The van der Waals surface area contributed by atoms with Crippen LogP contribution in [0.4, 0.5) is 0 Å². The lowest BCUT2D eigenvalue weighted by Gasteiger charge is -2.33. The standard InChI is InChI=1S/C21H31N3O2/c1-22-9-11-24(12-10-22)21(25)14-19-13-18-15-23(16-20(18)26-19)8-7-17-5-3-2-4-6-17/h2-6,18-20H,7-16H2,1H3/t18-,19+,20+/m0/s1. The zero-order valence-corrected chi connectivity index (χ0v) is 15.8. The molecule has 0 aromatic heterocycles. The van der Waals surface area contributed by atoms with Crippen LogP contribution in [-0.4, -0.2) is 85.7 Å². The summed E-state index contributed by atoms with van der Waals surface area (Å²) in [5, 5.41) is 0. The molecule has 3 heterocycles. The maximum atomic E-state index is 12.5. The Bertz CT molecular complexity index is 587. The predicted octanol–water partition coefficient (Wildman–Crippen LogP) is 1.48. The van der Waals surface area contributed by atoms with Gasteiger partial charge in [-0.15, -0.1) is 0 Å². The molecule has 1 aromatic rings. The predicted molar refractivity (Wildman–Crippen MR) is 102 cm³/mol. The highest BCUT2D eigenvalue weighted by atomic mass is 16.5. The maximum absolute atomic E-state index is 12.5. The molecule has 26 heavy (non-hydrogen) atoms. The summed E-state index contributed by atoms with van der Waals surface area (Å²) in [6.45, 7) is 6.95. The lowest BCUT2D eigenvalue weighted by Crippen LogP contribution is -2.47. The Kier molecular flexibility index (Phi) is 5.57. The number of likely N-dealkylation sites (N-methyl/N-ethyl adjacent to an activating group) is 1. The van der Waals surface area contributed by atoms with Gasteiger partial charge in [0.05, 0.1) is 18.6 Å². The molecule has 3 atom stereocenters. The highest BCUT2D eigenvalue weighted by Gasteiger charge is 2.42. The molecular formula is C21H31N3O2. The van der Waals surface area contributed by atoms with E-state index < -0.39 is 0 Å². The molecule has 3 aliphatic rings. The van der Waals surface area contributed by atoms with Gasteiger partial charge in [0.2, 0.25) is 5.91 Å². The first-order chi connectivity index (χ1) is 12.7. The molecule has 1 aromatic carbocycles. The number of benzene rings is 1. The Morgan fingerprint density at radius 3 is 2.62 bits per heavy atom. The first-order valence-electron chi connectivity index (χ1n) is 10.1. The molecule has 3 fully saturated rings. The topological polar surface area (TPSA) is 36.0 Å². The van der Waals surface area contributed by atoms with Crippen LogP contribution in [-0.2, 0) is 16.0 Å². The van der Waals surface area contributed by atoms with Crippen LogP contribution in [0.3, 0.4) is 0 Å². The van der Waals surface area contributed by atoms with E-state index >= 15 is 0 Å². The number of nitrogens with zero attached hydrogens (tertiary/aromatic N) is 3. The molecule has 0 radical (unpaired) electrons. The van der Waals surface area contributed by atoms with Crippen LogP contribution in [0, 0.1) is 5.92 Å². The van der Waals surface area contributed by atoms with E-state index in [0.29, 0.717) is 18.4 Å². The van der Waals surface area contributed by atoms with Crippen molar-refractivity contribution >= 4 is 5.91 Å². The second-order valence-electron chi connectivity index (χ2n) is 8.18. The minimum Gasteiger partial charge on any atom is -0.373 e. The number of piperazine rings is 1. The number of carbonyl (C=O) groups excluding carboxylic acids is 1. The fraction of sp³-hybridized carbons (Fsp3) is 0.667. The van der Waals surface area contributed by atoms with Gasteiger partial charge < -0.3 is 19.4 Å². The monoisotopic (exact) mass is 357 g/mol. The van der Waals surface area contributed by atoms with Gasteiger partial charge in [0.1, 0.15) is 0 Å². The second-order valence-corrected chi connectivity index (χ2v) is 8.18. The second kappa shape index (κ2) is 8.07. The van der Waals surface area contributed by atoms with E-state index in [1.165, 1.54) is 5.56 Å². The van der Waals surface area contributed by atoms with Crippen molar-refractivity contribution in [3.8, 4) is 0 Å². The van der Waals surface area contributed by atoms with Gasteiger partial charge in [0, 0.05) is 51.7 Å². The molecular weight excluding hydrogens is 326 g/mol. The van der Waals surface area contributed by atoms with Crippen LogP contribution in [0.5, 0.6) is 0 Å². The van der Waals surface area contributed by atoms with Crippen molar-refractivity contribution in [1.29, 1.82) is 0 Å². The van der Waals surface area contributed by atoms with E-state index in [2.05, 4.69) is 47.2 Å². The molecule has 142 valence electrons. The van der Waals surface area contributed by atoms with Gasteiger partial charge in [-0.25, -0.2) is 0 Å². The van der Waals surface area contributed by atoms with Crippen molar-refractivity contribution in [1.82, 2.24) is 14.7 Å². The Balaban J connectivity index is 1.19. The third-order valence-electron chi connectivity index (χ3n) is 6.21. The molecule has 5 nitrogen and oxygen atoms in total. The number of likely N-dealkylation sites (tertiary alicyclic amines) is 1. The molecule has 0 spiro atoms. The van der Waals surface area contributed by atoms with E-state index in [1.54, 1.807) is 0 Å². The fourth-order valence-corrected chi connectivity index (χ4v) is 4.57. The third-order valence-corrected chi connectivity index (χ3v) is 6.21. The smallest absolute Gasteiger partial charge is 0.225 e. The number of amides is 1. The average molecular weight is 357 g/mol. The molecule has 0 saturated carbocycles. The summed E-state index contributed by atoms with van der Waals surface area (Å²) in [4.78, 5) is 19.3. The Morgan fingerprint density at radius 2 is 1.88 bits per heavy atom. The lowest BCUT2D eigenvalue weighted by atomic mass is 10.0. The minimum absolute atomic E-state index is 0.133. The van der Waals surface area contributed by atoms with Crippen molar-refractivity contribution in [2.24, 2.45) is 5.92 Å². The van der Waals surface area contributed by atoms with Crippen LogP contribution < -0.4 is 0 Å². The van der Waals surface area contributed by atoms with Gasteiger partial charge in [-0.05, 0) is 25.5 Å². The maximum Gasteiger partial charge on any atom is 0.225 e. The van der Waals surface area contributed by atoms with Gasteiger partial charge >= 0.3 is 0 Å². The van der Waals surface area contributed by atoms with Crippen LogP contribution in [0.15, 0.2) is 30.3 Å².